The van der Waals surface area contributed by atoms with Crippen LogP contribution in [0.3, 0.4) is 0 Å². The number of hydrogen-bond acceptors (Lipinski definition) is 6. The second-order valence-electron chi connectivity index (χ2n) is 6.90. The average molecular weight is 436 g/mol. The Morgan fingerprint density at radius 3 is 2.40 bits per heavy atom. The van der Waals surface area contributed by atoms with Gasteiger partial charge in [0.1, 0.15) is 17.5 Å². The number of ether oxygens (including phenoxy) is 1. The first-order valence-electron chi connectivity index (χ1n) is 9.19. The smallest absolute Gasteiger partial charge is 0.271 e. The quantitative estimate of drug-likeness (QED) is 0.501. The number of nitrogens with zero attached hydrogens (tertiary/aromatic N) is 2. The lowest BCUT2D eigenvalue weighted by Gasteiger charge is -2.31. The van der Waals surface area contributed by atoms with E-state index in [1.54, 1.807) is 13.0 Å². The van der Waals surface area contributed by atoms with E-state index in [0.29, 0.717) is 5.69 Å². The standard InChI is InChI=1S/C20H25N3O6S/c1-6-17(20(24)21-16-9-7-13(2)11-14(16)3)22(30(5,27)28)18-12-15(23(25)26)8-10-19(18)29-4/h7-12,17H,6H2,1-5H3,(H,21,24)/t17-/m0/s1. The lowest BCUT2D eigenvalue weighted by atomic mass is 10.1. The fraction of sp³-hybridized carbons (Fsp3) is 0.350. The number of carbonyl (C=O) groups excluding carboxylic acids is 1. The molecule has 0 aliphatic heterocycles. The maximum atomic E-state index is 13.1. The van der Waals surface area contributed by atoms with Crippen LogP contribution in [-0.4, -0.2) is 38.7 Å². The van der Waals surface area contributed by atoms with E-state index in [1.807, 2.05) is 26.0 Å². The van der Waals surface area contributed by atoms with Gasteiger partial charge >= 0.3 is 0 Å². The molecule has 0 bridgehead atoms. The first-order valence-corrected chi connectivity index (χ1v) is 11.0. The maximum Gasteiger partial charge on any atom is 0.271 e. The summed E-state index contributed by atoms with van der Waals surface area (Å²) < 4.78 is 31.4. The monoisotopic (exact) mass is 435 g/mol. The largest absolute Gasteiger partial charge is 0.495 e. The van der Waals surface area contributed by atoms with Crippen LogP contribution < -0.4 is 14.4 Å². The lowest BCUT2D eigenvalue weighted by molar-refractivity contribution is -0.384. The van der Waals surface area contributed by atoms with Gasteiger partial charge in [-0.2, -0.15) is 0 Å². The van der Waals surface area contributed by atoms with Gasteiger partial charge in [-0.05, 0) is 38.0 Å². The van der Waals surface area contributed by atoms with E-state index in [-0.39, 0.29) is 23.5 Å². The summed E-state index contributed by atoms with van der Waals surface area (Å²) >= 11 is 0. The molecule has 10 heteroatoms. The Morgan fingerprint density at radius 2 is 1.90 bits per heavy atom. The van der Waals surface area contributed by atoms with Crippen molar-refractivity contribution < 1.29 is 22.9 Å². The Kier molecular flexibility index (Phi) is 7.04. The summed E-state index contributed by atoms with van der Waals surface area (Å²) in [4.78, 5) is 23.7. The third kappa shape index (κ3) is 5.07. The molecular weight excluding hydrogens is 410 g/mol. The first-order chi connectivity index (χ1) is 14.0. The van der Waals surface area contributed by atoms with Crippen molar-refractivity contribution in [2.24, 2.45) is 0 Å². The molecular formula is C20H25N3O6S. The number of amides is 1. The average Bonchev–Trinajstić information content (AvgIpc) is 2.66. The molecule has 30 heavy (non-hydrogen) atoms. The zero-order chi connectivity index (χ0) is 22.6. The van der Waals surface area contributed by atoms with Gasteiger partial charge in [0.2, 0.25) is 15.9 Å². The van der Waals surface area contributed by atoms with Crippen molar-refractivity contribution in [1.29, 1.82) is 0 Å². The molecule has 0 aliphatic rings. The van der Waals surface area contributed by atoms with E-state index in [4.69, 9.17) is 4.74 Å². The molecule has 0 heterocycles. The zero-order valence-corrected chi connectivity index (χ0v) is 18.3. The Morgan fingerprint density at radius 1 is 1.23 bits per heavy atom. The first kappa shape index (κ1) is 23.1. The summed E-state index contributed by atoms with van der Waals surface area (Å²) in [7, 11) is -2.67. The number of nitro groups is 1. The van der Waals surface area contributed by atoms with Gasteiger partial charge in [-0.1, -0.05) is 24.6 Å². The molecule has 0 unspecified atom stereocenters. The van der Waals surface area contributed by atoms with Crippen LogP contribution >= 0.6 is 0 Å². The number of nitrogens with one attached hydrogen (secondary N) is 1. The van der Waals surface area contributed by atoms with Gasteiger partial charge in [0.25, 0.3) is 5.69 Å². The molecule has 162 valence electrons. The minimum absolute atomic E-state index is 0.0724. The van der Waals surface area contributed by atoms with Gasteiger partial charge in [0.15, 0.2) is 0 Å². The van der Waals surface area contributed by atoms with Crippen molar-refractivity contribution in [1.82, 2.24) is 0 Å². The minimum Gasteiger partial charge on any atom is -0.495 e. The van der Waals surface area contributed by atoms with Crippen LogP contribution in [0.5, 0.6) is 5.75 Å². The second-order valence-corrected chi connectivity index (χ2v) is 8.76. The number of aryl methyl sites for hydroxylation is 2. The van der Waals surface area contributed by atoms with Crippen molar-refractivity contribution in [2.45, 2.75) is 33.2 Å². The van der Waals surface area contributed by atoms with Crippen molar-refractivity contribution in [2.75, 3.05) is 23.0 Å². The molecule has 0 spiro atoms. The van der Waals surface area contributed by atoms with Gasteiger partial charge < -0.3 is 10.1 Å². The number of carbonyl (C=O) groups is 1. The Bertz CT molecular complexity index is 1070. The van der Waals surface area contributed by atoms with E-state index in [1.165, 1.54) is 19.2 Å². The minimum atomic E-state index is -3.99. The molecule has 1 N–H and O–H groups in total. The van der Waals surface area contributed by atoms with E-state index in [9.17, 15) is 23.3 Å². The number of benzene rings is 2. The summed E-state index contributed by atoms with van der Waals surface area (Å²) in [6.45, 7) is 5.42. The molecule has 0 fully saturated rings. The SMILES string of the molecule is CC[C@@H](C(=O)Nc1ccc(C)cc1C)N(c1cc([N+](=O)[O-])ccc1OC)S(C)(=O)=O. The van der Waals surface area contributed by atoms with Gasteiger partial charge in [0, 0.05) is 17.8 Å². The Labute approximate surface area is 175 Å². The highest BCUT2D eigenvalue weighted by Crippen LogP contribution is 2.36. The number of sulfonamides is 1. The summed E-state index contributed by atoms with van der Waals surface area (Å²) in [5, 5.41) is 14.0. The van der Waals surface area contributed by atoms with Crippen LogP contribution in [0, 0.1) is 24.0 Å². The third-order valence-corrected chi connectivity index (χ3v) is 5.75. The molecule has 9 nitrogen and oxygen atoms in total. The van der Waals surface area contributed by atoms with Gasteiger partial charge in [0.05, 0.1) is 18.3 Å². The normalized spacial score (nSPS) is 12.2. The van der Waals surface area contributed by atoms with Crippen LogP contribution in [0.15, 0.2) is 36.4 Å². The maximum absolute atomic E-state index is 13.1. The summed E-state index contributed by atoms with van der Waals surface area (Å²) in [5.74, 6) is -0.452. The van der Waals surface area contributed by atoms with Gasteiger partial charge in [-0.25, -0.2) is 8.42 Å². The molecule has 0 aliphatic carbocycles. The van der Waals surface area contributed by atoms with E-state index < -0.39 is 26.9 Å². The predicted octanol–water partition coefficient (Wildman–Crippen LogP) is 3.40. The molecule has 0 radical (unpaired) electrons. The Balaban J connectivity index is 2.55. The zero-order valence-electron chi connectivity index (χ0n) is 17.5. The van der Waals surface area contributed by atoms with Crippen LogP contribution in [0.2, 0.25) is 0 Å². The van der Waals surface area contributed by atoms with Crippen molar-refractivity contribution in [3.8, 4) is 5.75 Å². The van der Waals surface area contributed by atoms with Gasteiger partial charge in [-0.15, -0.1) is 0 Å². The van der Waals surface area contributed by atoms with Crippen LogP contribution in [0.4, 0.5) is 17.1 Å². The van der Waals surface area contributed by atoms with E-state index in [2.05, 4.69) is 5.32 Å². The molecule has 1 amide bonds. The summed E-state index contributed by atoms with van der Waals surface area (Å²) in [6, 6.07) is 7.94. The van der Waals surface area contributed by atoms with Crippen LogP contribution in [0.1, 0.15) is 24.5 Å². The van der Waals surface area contributed by atoms with E-state index in [0.717, 1.165) is 27.8 Å². The van der Waals surface area contributed by atoms with E-state index >= 15 is 0 Å². The second kappa shape index (κ2) is 9.12. The highest BCUT2D eigenvalue weighted by Gasteiger charge is 2.34. The number of anilines is 2. The highest BCUT2D eigenvalue weighted by atomic mass is 32.2. The third-order valence-electron chi connectivity index (χ3n) is 4.58. The number of hydrogen-bond donors (Lipinski definition) is 1. The van der Waals surface area contributed by atoms with Crippen LogP contribution in [0.25, 0.3) is 0 Å². The molecule has 0 saturated carbocycles. The molecule has 0 aromatic heterocycles. The number of non-ortho nitro benzene ring substituents is 1. The van der Waals surface area contributed by atoms with Crippen LogP contribution in [-0.2, 0) is 14.8 Å². The van der Waals surface area contributed by atoms with Crippen molar-refractivity contribution in [3.63, 3.8) is 0 Å². The van der Waals surface area contributed by atoms with Crippen molar-refractivity contribution >= 4 is 33.0 Å². The molecule has 1 atom stereocenters. The topological polar surface area (TPSA) is 119 Å². The molecule has 2 aromatic carbocycles. The Hall–Kier alpha value is -3.14. The van der Waals surface area contributed by atoms with Crippen molar-refractivity contribution in [3.05, 3.63) is 57.6 Å². The highest BCUT2D eigenvalue weighted by molar-refractivity contribution is 7.92. The fourth-order valence-corrected chi connectivity index (χ4v) is 4.38. The lowest BCUT2D eigenvalue weighted by Crippen LogP contribution is -2.47. The predicted molar refractivity (Wildman–Crippen MR) is 116 cm³/mol. The summed E-state index contributed by atoms with van der Waals surface area (Å²) in [5.41, 5.74) is 2.03. The fourth-order valence-electron chi connectivity index (χ4n) is 3.17. The van der Waals surface area contributed by atoms with Gasteiger partial charge in [-0.3, -0.25) is 19.2 Å². The number of nitro benzene ring substituents is 1. The number of methoxy groups -OCH3 is 1. The molecule has 0 saturated heterocycles. The number of rotatable bonds is 8. The molecule has 2 aromatic rings. The summed E-state index contributed by atoms with van der Waals surface area (Å²) in [6.07, 6.45) is 1.08. The molecule has 2 rings (SSSR count).